The first-order valence-electron chi connectivity index (χ1n) is 6.57. The molecule has 0 atom stereocenters. The number of aromatic nitrogens is 4. The SMILES string of the molecule is Cc1c(NN)nc(C(C)C)nc1NCc1cnn(C)c1. The van der Waals surface area contributed by atoms with E-state index in [1.807, 2.05) is 26.4 Å². The number of hydrogen-bond donors (Lipinski definition) is 3. The lowest BCUT2D eigenvalue weighted by Crippen LogP contribution is -2.15. The first kappa shape index (κ1) is 14.3. The molecule has 0 saturated heterocycles. The van der Waals surface area contributed by atoms with Crippen LogP contribution in [0.2, 0.25) is 0 Å². The lowest BCUT2D eigenvalue weighted by atomic mass is 10.2. The molecule has 0 amide bonds. The van der Waals surface area contributed by atoms with E-state index in [1.54, 1.807) is 4.68 Å². The molecular formula is C13H21N7. The smallest absolute Gasteiger partial charge is 0.148 e. The molecule has 108 valence electrons. The van der Waals surface area contributed by atoms with Crippen molar-refractivity contribution in [2.45, 2.75) is 33.2 Å². The predicted octanol–water partition coefficient (Wildman–Crippen LogP) is 1.54. The van der Waals surface area contributed by atoms with Crippen molar-refractivity contribution in [2.24, 2.45) is 12.9 Å². The molecule has 2 aromatic heterocycles. The standard InChI is InChI=1S/C13H21N7/c1-8(2)11-17-12(9(3)13(18-11)19-14)15-5-10-6-16-20(4)7-10/h6-8H,5,14H2,1-4H3,(H2,15,17,18,19). The maximum Gasteiger partial charge on any atom is 0.148 e. The van der Waals surface area contributed by atoms with Gasteiger partial charge in [0, 0.05) is 36.8 Å². The predicted molar refractivity (Wildman–Crippen MR) is 79.2 cm³/mol. The van der Waals surface area contributed by atoms with Gasteiger partial charge in [-0.25, -0.2) is 15.8 Å². The Morgan fingerprint density at radius 3 is 2.55 bits per heavy atom. The van der Waals surface area contributed by atoms with Gasteiger partial charge in [0.15, 0.2) is 0 Å². The molecule has 0 saturated carbocycles. The van der Waals surface area contributed by atoms with Crippen LogP contribution in [0, 0.1) is 6.92 Å². The molecule has 2 heterocycles. The number of nitrogen functional groups attached to an aromatic ring is 1. The highest BCUT2D eigenvalue weighted by Crippen LogP contribution is 2.22. The Labute approximate surface area is 118 Å². The summed E-state index contributed by atoms with van der Waals surface area (Å²) in [7, 11) is 1.90. The van der Waals surface area contributed by atoms with Gasteiger partial charge in [0.25, 0.3) is 0 Å². The van der Waals surface area contributed by atoms with Crippen LogP contribution in [-0.4, -0.2) is 19.7 Å². The number of aryl methyl sites for hydroxylation is 1. The van der Waals surface area contributed by atoms with Gasteiger partial charge in [-0.15, -0.1) is 0 Å². The zero-order valence-electron chi connectivity index (χ0n) is 12.3. The second kappa shape index (κ2) is 5.87. The Hall–Kier alpha value is -2.15. The molecule has 0 aromatic carbocycles. The molecule has 0 aliphatic rings. The van der Waals surface area contributed by atoms with E-state index in [0.717, 1.165) is 22.8 Å². The third kappa shape index (κ3) is 3.05. The summed E-state index contributed by atoms with van der Waals surface area (Å²) in [6.45, 7) is 6.70. The highest BCUT2D eigenvalue weighted by molar-refractivity contribution is 5.57. The highest BCUT2D eigenvalue weighted by atomic mass is 15.3. The van der Waals surface area contributed by atoms with Crippen LogP contribution >= 0.6 is 0 Å². The average molecular weight is 275 g/mol. The van der Waals surface area contributed by atoms with Crippen molar-refractivity contribution in [3.63, 3.8) is 0 Å². The summed E-state index contributed by atoms with van der Waals surface area (Å²) in [5.41, 5.74) is 4.63. The summed E-state index contributed by atoms with van der Waals surface area (Å²) >= 11 is 0. The van der Waals surface area contributed by atoms with Crippen LogP contribution in [0.5, 0.6) is 0 Å². The molecule has 0 radical (unpaired) electrons. The van der Waals surface area contributed by atoms with Crippen molar-refractivity contribution in [3.8, 4) is 0 Å². The van der Waals surface area contributed by atoms with Crippen LogP contribution in [0.25, 0.3) is 0 Å². The molecular weight excluding hydrogens is 254 g/mol. The number of rotatable bonds is 5. The van der Waals surface area contributed by atoms with E-state index in [1.165, 1.54) is 0 Å². The maximum atomic E-state index is 5.52. The fraction of sp³-hybridized carbons (Fsp3) is 0.462. The first-order chi connectivity index (χ1) is 9.51. The number of hydrogen-bond acceptors (Lipinski definition) is 6. The Morgan fingerprint density at radius 1 is 1.30 bits per heavy atom. The van der Waals surface area contributed by atoms with Crippen molar-refractivity contribution in [1.29, 1.82) is 0 Å². The Balaban J connectivity index is 2.23. The quantitative estimate of drug-likeness (QED) is 0.566. The number of nitrogens with zero attached hydrogens (tertiary/aromatic N) is 4. The lowest BCUT2D eigenvalue weighted by molar-refractivity contribution is 0.766. The molecule has 0 unspecified atom stereocenters. The van der Waals surface area contributed by atoms with E-state index in [0.29, 0.717) is 12.4 Å². The van der Waals surface area contributed by atoms with Gasteiger partial charge in [-0.1, -0.05) is 13.8 Å². The largest absolute Gasteiger partial charge is 0.365 e. The van der Waals surface area contributed by atoms with Crippen LogP contribution in [0.3, 0.4) is 0 Å². The zero-order valence-corrected chi connectivity index (χ0v) is 12.3. The molecule has 0 fully saturated rings. The van der Waals surface area contributed by atoms with Crippen LogP contribution in [0.4, 0.5) is 11.6 Å². The Morgan fingerprint density at radius 2 is 2.00 bits per heavy atom. The molecule has 0 bridgehead atoms. The molecule has 0 spiro atoms. The second-order valence-corrected chi connectivity index (χ2v) is 5.08. The van der Waals surface area contributed by atoms with Crippen molar-refractivity contribution >= 4 is 11.6 Å². The van der Waals surface area contributed by atoms with E-state index in [-0.39, 0.29) is 5.92 Å². The van der Waals surface area contributed by atoms with Gasteiger partial charge in [-0.05, 0) is 6.92 Å². The summed E-state index contributed by atoms with van der Waals surface area (Å²) in [5, 5.41) is 7.45. The van der Waals surface area contributed by atoms with Crippen LogP contribution < -0.4 is 16.6 Å². The molecule has 7 heteroatoms. The summed E-state index contributed by atoms with van der Waals surface area (Å²) < 4.78 is 1.77. The Bertz CT molecular complexity index is 588. The Kier molecular flexibility index (Phi) is 4.19. The van der Waals surface area contributed by atoms with Crippen molar-refractivity contribution < 1.29 is 0 Å². The van der Waals surface area contributed by atoms with Crippen LogP contribution in [-0.2, 0) is 13.6 Å². The van der Waals surface area contributed by atoms with Gasteiger partial charge in [0.2, 0.25) is 0 Å². The first-order valence-corrected chi connectivity index (χ1v) is 6.57. The molecule has 20 heavy (non-hydrogen) atoms. The molecule has 2 aromatic rings. The fourth-order valence-corrected chi connectivity index (χ4v) is 1.85. The van der Waals surface area contributed by atoms with Crippen molar-refractivity contribution in [3.05, 3.63) is 29.3 Å². The number of nitrogens with two attached hydrogens (primary N) is 1. The average Bonchev–Trinajstić information content (AvgIpc) is 2.83. The molecule has 0 aliphatic heterocycles. The normalized spacial score (nSPS) is 10.9. The van der Waals surface area contributed by atoms with Crippen LogP contribution in [0.1, 0.15) is 36.7 Å². The summed E-state index contributed by atoms with van der Waals surface area (Å²) in [6, 6.07) is 0. The number of anilines is 2. The summed E-state index contributed by atoms with van der Waals surface area (Å²) in [5.74, 6) is 7.96. The van der Waals surface area contributed by atoms with Gasteiger partial charge < -0.3 is 10.7 Å². The minimum atomic E-state index is 0.238. The minimum Gasteiger partial charge on any atom is -0.365 e. The topological polar surface area (TPSA) is 93.7 Å². The fourth-order valence-electron chi connectivity index (χ4n) is 1.85. The second-order valence-electron chi connectivity index (χ2n) is 5.08. The molecule has 4 N–H and O–H groups in total. The lowest BCUT2D eigenvalue weighted by Gasteiger charge is -2.14. The van der Waals surface area contributed by atoms with E-state index < -0.39 is 0 Å². The molecule has 7 nitrogen and oxygen atoms in total. The van der Waals surface area contributed by atoms with Gasteiger partial charge in [0.1, 0.15) is 17.5 Å². The van der Waals surface area contributed by atoms with Gasteiger partial charge in [-0.3, -0.25) is 4.68 Å². The minimum absolute atomic E-state index is 0.238. The molecule has 2 rings (SSSR count). The van der Waals surface area contributed by atoms with E-state index in [4.69, 9.17) is 5.84 Å². The van der Waals surface area contributed by atoms with Gasteiger partial charge in [0.05, 0.1) is 6.20 Å². The monoisotopic (exact) mass is 275 g/mol. The van der Waals surface area contributed by atoms with Crippen molar-refractivity contribution in [1.82, 2.24) is 19.7 Å². The van der Waals surface area contributed by atoms with E-state index in [9.17, 15) is 0 Å². The molecule has 0 aliphatic carbocycles. The van der Waals surface area contributed by atoms with Gasteiger partial charge >= 0.3 is 0 Å². The third-order valence-corrected chi connectivity index (χ3v) is 3.03. The zero-order chi connectivity index (χ0) is 14.7. The maximum absolute atomic E-state index is 5.52. The highest BCUT2D eigenvalue weighted by Gasteiger charge is 2.12. The summed E-state index contributed by atoms with van der Waals surface area (Å²) in [6.07, 6.45) is 3.80. The van der Waals surface area contributed by atoms with Crippen LogP contribution in [0.15, 0.2) is 12.4 Å². The van der Waals surface area contributed by atoms with E-state index in [2.05, 4.69) is 39.7 Å². The number of hydrazine groups is 1. The summed E-state index contributed by atoms with van der Waals surface area (Å²) in [4.78, 5) is 8.96. The van der Waals surface area contributed by atoms with E-state index >= 15 is 0 Å². The van der Waals surface area contributed by atoms with Crippen molar-refractivity contribution in [2.75, 3.05) is 10.7 Å². The third-order valence-electron chi connectivity index (χ3n) is 3.03. The number of nitrogens with one attached hydrogen (secondary N) is 2. The van der Waals surface area contributed by atoms with Gasteiger partial charge in [-0.2, -0.15) is 5.10 Å².